The number of pyridine rings is 1. The van der Waals surface area contributed by atoms with E-state index in [9.17, 15) is 22.0 Å². The highest BCUT2D eigenvalue weighted by molar-refractivity contribution is 5.61. The van der Waals surface area contributed by atoms with Crippen LogP contribution in [0.5, 0.6) is 5.75 Å². The number of methoxy groups -OCH3 is 1. The summed E-state index contributed by atoms with van der Waals surface area (Å²) in [5, 5.41) is 2.05. The van der Waals surface area contributed by atoms with Gasteiger partial charge >= 0.3 is 0 Å². The third-order valence-corrected chi connectivity index (χ3v) is 2.42. The van der Waals surface area contributed by atoms with Crippen LogP contribution in [0.15, 0.2) is 18.2 Å². The lowest BCUT2D eigenvalue weighted by Gasteiger charge is -2.10. The van der Waals surface area contributed by atoms with Crippen molar-refractivity contribution in [3.05, 3.63) is 47.5 Å². The molecule has 1 heterocycles. The fraction of sp³-hybridized carbons (Fsp3) is 0.0833. The van der Waals surface area contributed by atoms with Gasteiger partial charge < -0.3 is 10.1 Å². The van der Waals surface area contributed by atoms with Gasteiger partial charge in [0.15, 0.2) is 11.6 Å². The molecule has 0 unspecified atom stereocenters. The molecule has 3 nitrogen and oxygen atoms in total. The zero-order valence-corrected chi connectivity index (χ0v) is 9.98. The van der Waals surface area contributed by atoms with Crippen LogP contribution in [-0.4, -0.2) is 12.1 Å². The van der Waals surface area contributed by atoms with E-state index in [0.717, 1.165) is 6.07 Å². The molecule has 0 saturated carbocycles. The summed E-state index contributed by atoms with van der Waals surface area (Å²) in [4.78, 5) is 2.40. The van der Waals surface area contributed by atoms with Gasteiger partial charge in [0.2, 0.25) is 11.6 Å². The molecule has 1 N–H and O–H groups in total. The molecule has 0 fully saturated rings. The van der Waals surface area contributed by atoms with Gasteiger partial charge in [0.1, 0.15) is 5.69 Å². The van der Waals surface area contributed by atoms with Crippen molar-refractivity contribution in [3.63, 3.8) is 0 Å². The molecule has 106 valence electrons. The van der Waals surface area contributed by atoms with Crippen molar-refractivity contribution in [1.29, 1.82) is 0 Å². The first-order valence-corrected chi connectivity index (χ1v) is 5.24. The van der Waals surface area contributed by atoms with Gasteiger partial charge in [-0.15, -0.1) is 0 Å². The van der Waals surface area contributed by atoms with Crippen molar-refractivity contribution >= 4 is 11.4 Å². The molecule has 0 aliphatic heterocycles. The number of nitrogens with one attached hydrogen (secondary N) is 1. The van der Waals surface area contributed by atoms with Gasteiger partial charge in [-0.2, -0.15) is 22.5 Å². The molecule has 0 spiro atoms. The summed E-state index contributed by atoms with van der Waals surface area (Å²) in [6.45, 7) is 0. The number of benzene rings is 1. The standard InChI is InChI=1S/C12H7F5N2O/c1-20-7-3-2-5(4-6(7)13)18-10-8(14)11(16)19-12(17)9(10)15/h2-4H,1H3,(H,18,19). The van der Waals surface area contributed by atoms with E-state index in [2.05, 4.69) is 9.72 Å². The second-order valence-corrected chi connectivity index (χ2v) is 3.67. The van der Waals surface area contributed by atoms with Crippen molar-refractivity contribution in [3.8, 4) is 5.75 Å². The van der Waals surface area contributed by atoms with E-state index in [1.54, 1.807) is 0 Å². The lowest BCUT2D eigenvalue weighted by Crippen LogP contribution is -2.06. The number of nitrogens with zero attached hydrogens (tertiary/aromatic N) is 1. The van der Waals surface area contributed by atoms with Crippen molar-refractivity contribution in [2.75, 3.05) is 12.4 Å². The van der Waals surface area contributed by atoms with Gasteiger partial charge in [-0.1, -0.05) is 0 Å². The maximum Gasteiger partial charge on any atom is 0.253 e. The Kier molecular flexibility index (Phi) is 3.73. The first kappa shape index (κ1) is 14.0. The molecule has 0 bridgehead atoms. The molecule has 8 heteroatoms. The zero-order valence-electron chi connectivity index (χ0n) is 9.98. The maximum atomic E-state index is 13.4. The van der Waals surface area contributed by atoms with E-state index in [-0.39, 0.29) is 11.4 Å². The average molecular weight is 290 g/mol. The van der Waals surface area contributed by atoms with Gasteiger partial charge in [0.05, 0.1) is 7.11 Å². The number of halogens is 5. The van der Waals surface area contributed by atoms with Crippen molar-refractivity contribution in [2.24, 2.45) is 0 Å². The van der Waals surface area contributed by atoms with Crippen LogP contribution in [-0.2, 0) is 0 Å². The Morgan fingerprint density at radius 1 is 1.00 bits per heavy atom. The molecular formula is C12H7F5N2O. The van der Waals surface area contributed by atoms with E-state index in [1.807, 2.05) is 5.32 Å². The quantitative estimate of drug-likeness (QED) is 0.693. The van der Waals surface area contributed by atoms with Gasteiger partial charge in [0, 0.05) is 11.8 Å². The van der Waals surface area contributed by atoms with E-state index in [0.29, 0.717) is 0 Å². The molecule has 2 aromatic rings. The van der Waals surface area contributed by atoms with Crippen LogP contribution in [0.3, 0.4) is 0 Å². The molecule has 0 saturated heterocycles. The third kappa shape index (κ3) is 2.49. The fourth-order valence-corrected chi connectivity index (χ4v) is 1.49. The SMILES string of the molecule is COc1ccc(Nc2c(F)c(F)nc(F)c2F)cc1F. The molecule has 2 rings (SSSR count). The average Bonchev–Trinajstić information content (AvgIpc) is 2.41. The highest BCUT2D eigenvalue weighted by atomic mass is 19.2. The van der Waals surface area contributed by atoms with Crippen LogP contribution >= 0.6 is 0 Å². The number of anilines is 2. The van der Waals surface area contributed by atoms with Crippen LogP contribution in [0, 0.1) is 29.3 Å². The second-order valence-electron chi connectivity index (χ2n) is 3.67. The summed E-state index contributed by atoms with van der Waals surface area (Å²) < 4.78 is 70.5. The smallest absolute Gasteiger partial charge is 0.253 e. The van der Waals surface area contributed by atoms with E-state index in [4.69, 9.17) is 0 Å². The Hall–Kier alpha value is -2.38. The number of hydrogen-bond acceptors (Lipinski definition) is 3. The molecular weight excluding hydrogens is 283 g/mol. The molecule has 20 heavy (non-hydrogen) atoms. The van der Waals surface area contributed by atoms with Crippen molar-refractivity contribution in [2.45, 2.75) is 0 Å². The Morgan fingerprint density at radius 3 is 2.10 bits per heavy atom. The van der Waals surface area contributed by atoms with E-state index < -0.39 is 35.0 Å². The highest BCUT2D eigenvalue weighted by Gasteiger charge is 2.21. The maximum absolute atomic E-state index is 13.4. The Labute approximate surface area is 110 Å². The number of ether oxygens (including phenoxy) is 1. The van der Waals surface area contributed by atoms with Gasteiger partial charge in [-0.05, 0) is 12.1 Å². The Morgan fingerprint density at radius 2 is 1.60 bits per heavy atom. The highest BCUT2D eigenvalue weighted by Crippen LogP contribution is 2.28. The van der Waals surface area contributed by atoms with Gasteiger partial charge in [0.25, 0.3) is 11.9 Å². The molecule has 0 aliphatic rings. The van der Waals surface area contributed by atoms with Crippen LogP contribution in [0.1, 0.15) is 0 Å². The lowest BCUT2D eigenvalue weighted by molar-refractivity contribution is 0.386. The summed E-state index contributed by atoms with van der Waals surface area (Å²) in [7, 11) is 1.23. The van der Waals surface area contributed by atoms with Gasteiger partial charge in [-0.25, -0.2) is 4.39 Å². The Bertz CT molecular complexity index is 637. The second kappa shape index (κ2) is 5.32. The minimum atomic E-state index is -1.81. The molecule has 0 aliphatic carbocycles. The summed E-state index contributed by atoms with van der Waals surface area (Å²) in [6, 6.07) is 3.26. The largest absolute Gasteiger partial charge is 0.494 e. The van der Waals surface area contributed by atoms with Crippen LogP contribution in [0.25, 0.3) is 0 Å². The molecule has 1 aromatic carbocycles. The normalized spacial score (nSPS) is 10.5. The zero-order chi connectivity index (χ0) is 14.9. The van der Waals surface area contributed by atoms with E-state index in [1.165, 1.54) is 19.2 Å². The number of hydrogen-bond donors (Lipinski definition) is 1. The lowest BCUT2D eigenvalue weighted by atomic mass is 10.2. The van der Waals surface area contributed by atoms with Crippen LogP contribution in [0.2, 0.25) is 0 Å². The minimum Gasteiger partial charge on any atom is -0.494 e. The number of rotatable bonds is 3. The molecule has 1 aromatic heterocycles. The predicted molar refractivity (Wildman–Crippen MR) is 60.3 cm³/mol. The summed E-state index contributed by atoms with van der Waals surface area (Å²) in [6.07, 6.45) is 0. The van der Waals surface area contributed by atoms with Crippen molar-refractivity contribution < 1.29 is 26.7 Å². The van der Waals surface area contributed by atoms with Crippen LogP contribution < -0.4 is 10.1 Å². The van der Waals surface area contributed by atoms with Gasteiger partial charge in [-0.3, -0.25) is 0 Å². The van der Waals surface area contributed by atoms with Crippen LogP contribution in [0.4, 0.5) is 33.3 Å². The summed E-state index contributed by atoms with van der Waals surface area (Å²) >= 11 is 0. The predicted octanol–water partition coefficient (Wildman–Crippen LogP) is 3.53. The molecule has 0 atom stereocenters. The monoisotopic (exact) mass is 290 g/mol. The first-order valence-electron chi connectivity index (χ1n) is 5.24. The first-order chi connectivity index (χ1) is 9.43. The molecule has 0 radical (unpaired) electrons. The minimum absolute atomic E-state index is 0.0939. The summed E-state index contributed by atoms with van der Waals surface area (Å²) in [5.41, 5.74) is -1.22. The van der Waals surface area contributed by atoms with E-state index >= 15 is 0 Å². The third-order valence-electron chi connectivity index (χ3n) is 2.42. The van der Waals surface area contributed by atoms with Crippen molar-refractivity contribution in [1.82, 2.24) is 4.98 Å². The number of aromatic nitrogens is 1. The Balaban J connectivity index is 2.42. The summed E-state index contributed by atoms with van der Waals surface area (Å²) in [5.74, 6) is -7.93. The molecule has 0 amide bonds. The topological polar surface area (TPSA) is 34.1 Å². The fourth-order valence-electron chi connectivity index (χ4n) is 1.49.